The van der Waals surface area contributed by atoms with Gasteiger partial charge in [0.1, 0.15) is 12.1 Å². The smallest absolute Gasteiger partial charge is 0.328 e. The molecule has 1 aromatic carbocycles. The van der Waals surface area contributed by atoms with Gasteiger partial charge in [0.15, 0.2) is 11.5 Å². The summed E-state index contributed by atoms with van der Waals surface area (Å²) in [6.45, 7) is 15.5. The van der Waals surface area contributed by atoms with Crippen molar-refractivity contribution < 1.29 is 28.6 Å². The van der Waals surface area contributed by atoms with Gasteiger partial charge in [0, 0.05) is 12.8 Å². The normalized spacial score (nSPS) is 14.8. The number of aryl methyl sites for hydroxylation is 2. The zero-order chi connectivity index (χ0) is 25.3. The van der Waals surface area contributed by atoms with Gasteiger partial charge >= 0.3 is 11.9 Å². The summed E-state index contributed by atoms with van der Waals surface area (Å²) in [5.41, 5.74) is 3.07. The zero-order valence-electron chi connectivity index (χ0n) is 20.6. The first-order valence-corrected chi connectivity index (χ1v) is 10.7. The van der Waals surface area contributed by atoms with Gasteiger partial charge in [-0.1, -0.05) is 25.1 Å². The van der Waals surface area contributed by atoms with E-state index in [0.29, 0.717) is 0 Å². The summed E-state index contributed by atoms with van der Waals surface area (Å²) < 4.78 is 15.9. The van der Waals surface area contributed by atoms with Crippen LogP contribution >= 0.6 is 0 Å². The summed E-state index contributed by atoms with van der Waals surface area (Å²) >= 11 is 0. The Labute approximate surface area is 195 Å². The van der Waals surface area contributed by atoms with Crippen LogP contribution in [0.1, 0.15) is 57.2 Å². The third-order valence-electron chi connectivity index (χ3n) is 5.24. The number of rotatable bonds is 10. The molecule has 0 aliphatic heterocycles. The largest absolute Gasteiger partial charge is 0.493 e. The van der Waals surface area contributed by atoms with Crippen molar-refractivity contribution in [2.24, 2.45) is 4.99 Å². The van der Waals surface area contributed by atoms with Gasteiger partial charge in [-0.2, -0.15) is 0 Å². The van der Waals surface area contributed by atoms with Crippen molar-refractivity contribution in [3.63, 3.8) is 0 Å². The number of nitrogens with one attached hydrogen (secondary N) is 1. The average molecular weight is 459 g/mol. The molecule has 33 heavy (non-hydrogen) atoms. The van der Waals surface area contributed by atoms with Crippen molar-refractivity contribution in [2.75, 3.05) is 7.11 Å². The molecule has 0 aromatic heterocycles. The molecule has 0 aliphatic rings. The van der Waals surface area contributed by atoms with Gasteiger partial charge < -0.3 is 19.5 Å². The molecule has 180 valence electrons. The molecule has 0 heterocycles. The fourth-order valence-corrected chi connectivity index (χ4v) is 3.44. The molecule has 0 saturated heterocycles. The summed E-state index contributed by atoms with van der Waals surface area (Å²) in [6.07, 6.45) is 1.08. The Balaban J connectivity index is 3.02. The second-order valence-electron chi connectivity index (χ2n) is 7.72. The number of nitrogens with zero attached hydrogens (tertiary/aromatic N) is 1. The lowest BCUT2D eigenvalue weighted by Crippen LogP contribution is -2.42. The molecular weight excluding hydrogens is 424 g/mol. The SMILES string of the molecule is C=N/C(C(=O)N[C@@H](C)C(=O)O[C@@H](C)[C@@H](C)c1c(C)cccc1C)=C(OC(C)=O)\C(=C/C)OC. The summed E-state index contributed by atoms with van der Waals surface area (Å²) in [4.78, 5) is 40.7. The predicted molar refractivity (Wildman–Crippen MR) is 127 cm³/mol. The van der Waals surface area contributed by atoms with Gasteiger partial charge in [0.05, 0.1) is 7.11 Å². The maximum atomic E-state index is 12.8. The minimum Gasteiger partial charge on any atom is -0.493 e. The Kier molecular flexibility index (Phi) is 10.5. The molecule has 8 nitrogen and oxygen atoms in total. The second-order valence-corrected chi connectivity index (χ2v) is 7.72. The first kappa shape index (κ1) is 27.6. The highest BCUT2D eigenvalue weighted by atomic mass is 16.6. The molecule has 0 spiro atoms. The highest BCUT2D eigenvalue weighted by Crippen LogP contribution is 2.28. The Bertz CT molecular complexity index is 943. The highest BCUT2D eigenvalue weighted by molar-refractivity contribution is 5.97. The molecule has 0 unspecified atom stereocenters. The maximum Gasteiger partial charge on any atom is 0.328 e. The number of methoxy groups -OCH3 is 1. The van der Waals surface area contributed by atoms with E-state index in [0.717, 1.165) is 16.7 Å². The molecule has 0 saturated carbocycles. The van der Waals surface area contributed by atoms with Crippen molar-refractivity contribution >= 4 is 24.6 Å². The van der Waals surface area contributed by atoms with Crippen molar-refractivity contribution in [3.8, 4) is 0 Å². The van der Waals surface area contributed by atoms with E-state index in [4.69, 9.17) is 14.2 Å². The van der Waals surface area contributed by atoms with E-state index in [2.05, 4.69) is 17.0 Å². The van der Waals surface area contributed by atoms with E-state index < -0.39 is 30.0 Å². The first-order chi connectivity index (χ1) is 15.5. The molecule has 0 bridgehead atoms. The Morgan fingerprint density at radius 2 is 1.70 bits per heavy atom. The van der Waals surface area contributed by atoms with Crippen molar-refractivity contribution in [3.05, 3.63) is 58.2 Å². The Morgan fingerprint density at radius 3 is 2.15 bits per heavy atom. The van der Waals surface area contributed by atoms with Crippen molar-refractivity contribution in [1.82, 2.24) is 5.32 Å². The van der Waals surface area contributed by atoms with Gasteiger partial charge in [-0.05, 0) is 64.1 Å². The van der Waals surface area contributed by atoms with E-state index in [9.17, 15) is 14.4 Å². The number of benzene rings is 1. The van der Waals surface area contributed by atoms with Crippen LogP contribution in [0.15, 0.2) is 46.5 Å². The molecule has 0 radical (unpaired) electrons. The maximum absolute atomic E-state index is 12.8. The second kappa shape index (κ2) is 12.6. The third kappa shape index (κ3) is 7.30. The Morgan fingerprint density at radius 1 is 1.12 bits per heavy atom. The van der Waals surface area contributed by atoms with Gasteiger partial charge in [-0.25, -0.2) is 4.79 Å². The van der Waals surface area contributed by atoms with E-state index in [-0.39, 0.29) is 23.1 Å². The molecule has 1 amide bonds. The van der Waals surface area contributed by atoms with Crippen LogP contribution in [0.4, 0.5) is 0 Å². The number of allylic oxidation sites excluding steroid dienone is 1. The van der Waals surface area contributed by atoms with Gasteiger partial charge in [-0.3, -0.25) is 14.6 Å². The van der Waals surface area contributed by atoms with Crippen LogP contribution in [0.25, 0.3) is 0 Å². The molecule has 8 heteroatoms. The molecule has 3 atom stereocenters. The fraction of sp³-hybridized carbons (Fsp3) is 0.440. The molecular formula is C25H34N2O6. The number of hydrogen-bond acceptors (Lipinski definition) is 7. The average Bonchev–Trinajstić information content (AvgIpc) is 2.74. The van der Waals surface area contributed by atoms with Crippen LogP contribution < -0.4 is 5.32 Å². The number of amides is 1. The molecule has 0 aliphatic carbocycles. The van der Waals surface area contributed by atoms with E-state index in [1.54, 1.807) is 6.92 Å². The standard InChI is InChI=1S/C25H34N2O6/c1-10-20(31-9)23(33-19(7)28)22(26-8)24(29)27-17(5)25(30)32-18(6)16(4)21-14(2)12-11-13-15(21)3/h10-13,16-18H,8H2,1-7,9H3,(H,27,29)/b20-10+,23-22+/t16-,17+,18+/m1/s1. The molecule has 1 aromatic rings. The number of carbonyl (C=O) groups is 3. The summed E-state index contributed by atoms with van der Waals surface area (Å²) in [6, 6.07) is 5.04. The monoisotopic (exact) mass is 458 g/mol. The number of hydrogen-bond donors (Lipinski definition) is 1. The zero-order valence-corrected chi connectivity index (χ0v) is 20.6. The van der Waals surface area contributed by atoms with Crippen LogP contribution in [0, 0.1) is 13.8 Å². The first-order valence-electron chi connectivity index (χ1n) is 10.7. The van der Waals surface area contributed by atoms with Crippen LogP contribution in [-0.4, -0.2) is 43.8 Å². The fourth-order valence-electron chi connectivity index (χ4n) is 3.44. The number of ether oxygens (including phenoxy) is 3. The lowest BCUT2D eigenvalue weighted by molar-refractivity contribution is -0.152. The van der Waals surface area contributed by atoms with Gasteiger partial charge in [-0.15, -0.1) is 0 Å². The molecule has 1 N–H and O–H groups in total. The third-order valence-corrected chi connectivity index (χ3v) is 5.24. The number of aliphatic imine (C=N–C) groups is 1. The minimum absolute atomic E-state index is 0.0436. The van der Waals surface area contributed by atoms with Crippen LogP contribution in [0.2, 0.25) is 0 Å². The van der Waals surface area contributed by atoms with Crippen LogP contribution in [0.5, 0.6) is 0 Å². The number of esters is 2. The van der Waals surface area contributed by atoms with Crippen LogP contribution in [0.3, 0.4) is 0 Å². The number of carbonyl (C=O) groups excluding carboxylic acids is 3. The quantitative estimate of drug-likeness (QED) is 0.188. The molecule has 1 rings (SSSR count). The topological polar surface area (TPSA) is 103 Å². The summed E-state index contributed by atoms with van der Waals surface area (Å²) in [7, 11) is 1.36. The van der Waals surface area contributed by atoms with Gasteiger partial charge in [0.2, 0.25) is 5.76 Å². The van der Waals surface area contributed by atoms with Crippen molar-refractivity contribution in [1.29, 1.82) is 0 Å². The lowest BCUT2D eigenvalue weighted by Gasteiger charge is -2.25. The van der Waals surface area contributed by atoms with E-state index in [1.165, 1.54) is 27.0 Å². The summed E-state index contributed by atoms with van der Waals surface area (Å²) in [5.74, 6) is -2.16. The summed E-state index contributed by atoms with van der Waals surface area (Å²) in [5, 5.41) is 2.52. The minimum atomic E-state index is -0.989. The van der Waals surface area contributed by atoms with E-state index >= 15 is 0 Å². The molecule has 0 fully saturated rings. The van der Waals surface area contributed by atoms with Crippen LogP contribution in [-0.2, 0) is 28.6 Å². The highest BCUT2D eigenvalue weighted by Gasteiger charge is 2.28. The lowest BCUT2D eigenvalue weighted by atomic mass is 9.89. The van der Waals surface area contributed by atoms with Crippen molar-refractivity contribution in [2.45, 2.75) is 66.5 Å². The predicted octanol–water partition coefficient (Wildman–Crippen LogP) is 3.87. The Hall–Kier alpha value is -3.42. The van der Waals surface area contributed by atoms with Gasteiger partial charge in [0.25, 0.3) is 5.91 Å². The van der Waals surface area contributed by atoms with E-state index in [1.807, 2.05) is 45.9 Å².